The van der Waals surface area contributed by atoms with Crippen LogP contribution in [0.1, 0.15) is 0 Å². The molecule has 0 bridgehead atoms. The number of hydrogen-bond donors (Lipinski definition) is 2. The van der Waals surface area contributed by atoms with Gasteiger partial charge in [0, 0.05) is 5.69 Å². The minimum Gasteiger partial charge on any atom is -0.399 e. The highest BCUT2D eigenvalue weighted by atomic mass is 35.5. The Hall–Kier alpha value is -1.52. The van der Waals surface area contributed by atoms with Gasteiger partial charge in [-0.2, -0.15) is 0 Å². The van der Waals surface area contributed by atoms with Gasteiger partial charge >= 0.3 is 0 Å². The first-order valence-corrected chi connectivity index (χ1v) is 11.8. The molecule has 2 atom stereocenters. The molecular formula is C16H16Cl2N2O5S2. The molecule has 0 aromatic heterocycles. The van der Waals surface area contributed by atoms with Crippen LogP contribution in [0.2, 0.25) is 10.0 Å². The molecule has 3 N–H and O–H groups in total. The van der Waals surface area contributed by atoms with E-state index in [2.05, 4.69) is 0 Å². The maximum absolute atomic E-state index is 13.3. The Kier molecular flexibility index (Phi) is 5.35. The largest absolute Gasteiger partial charge is 0.399 e. The molecule has 0 saturated carbocycles. The molecule has 0 unspecified atom stereocenters. The van der Waals surface area contributed by atoms with Crippen molar-refractivity contribution in [3.8, 4) is 0 Å². The molecule has 2 aromatic carbocycles. The van der Waals surface area contributed by atoms with Crippen molar-refractivity contribution in [3.05, 3.63) is 52.5 Å². The predicted molar refractivity (Wildman–Crippen MR) is 105 cm³/mol. The SMILES string of the molecule is Nc1ccc(N([C@@H]2CS(=O)(=O)C[C@H]2O)S(=O)(=O)c2ccc(Cl)c(Cl)c2)cc1. The summed E-state index contributed by atoms with van der Waals surface area (Å²) in [6, 6.07) is 8.47. The number of nitrogen functional groups attached to an aromatic ring is 1. The number of anilines is 2. The standard InChI is InChI=1S/C16H16Cl2N2O5S2/c17-13-6-5-12(7-14(13)18)27(24,25)20(11-3-1-10(19)2-4-11)15-8-26(22,23)9-16(15)21/h1-7,15-16,21H,8-9,19H2/t15-,16-/m1/s1. The number of aliphatic hydroxyl groups is 1. The van der Waals surface area contributed by atoms with E-state index >= 15 is 0 Å². The highest BCUT2D eigenvalue weighted by Crippen LogP contribution is 2.33. The van der Waals surface area contributed by atoms with E-state index in [9.17, 15) is 21.9 Å². The van der Waals surface area contributed by atoms with Gasteiger partial charge in [-0.15, -0.1) is 0 Å². The monoisotopic (exact) mass is 450 g/mol. The second-order valence-corrected chi connectivity index (χ2v) is 11.0. The first-order chi connectivity index (χ1) is 12.5. The summed E-state index contributed by atoms with van der Waals surface area (Å²) in [4.78, 5) is -0.176. The fourth-order valence-corrected chi connectivity index (χ4v) is 6.85. The van der Waals surface area contributed by atoms with E-state index in [1.807, 2.05) is 0 Å². The van der Waals surface area contributed by atoms with Crippen LogP contribution in [0.15, 0.2) is 47.4 Å². The molecule has 146 valence electrons. The van der Waals surface area contributed by atoms with Gasteiger partial charge in [-0.3, -0.25) is 4.31 Å². The Morgan fingerprint density at radius 1 is 1.04 bits per heavy atom. The van der Waals surface area contributed by atoms with E-state index in [0.717, 1.165) is 4.31 Å². The van der Waals surface area contributed by atoms with Crippen LogP contribution in [0.25, 0.3) is 0 Å². The zero-order chi connectivity index (χ0) is 20.0. The van der Waals surface area contributed by atoms with Crippen molar-refractivity contribution < 1.29 is 21.9 Å². The van der Waals surface area contributed by atoms with Gasteiger partial charge < -0.3 is 10.8 Å². The topological polar surface area (TPSA) is 118 Å². The van der Waals surface area contributed by atoms with Gasteiger partial charge in [-0.25, -0.2) is 16.8 Å². The Morgan fingerprint density at radius 3 is 2.19 bits per heavy atom. The Labute approximate surface area is 167 Å². The fraction of sp³-hybridized carbons (Fsp3) is 0.250. The zero-order valence-corrected chi connectivity index (χ0v) is 16.9. The molecule has 7 nitrogen and oxygen atoms in total. The normalized spacial score (nSPS) is 21.9. The second kappa shape index (κ2) is 7.14. The molecule has 1 aliphatic rings. The van der Waals surface area contributed by atoms with Crippen LogP contribution < -0.4 is 10.0 Å². The van der Waals surface area contributed by atoms with Crippen LogP contribution in [0, 0.1) is 0 Å². The van der Waals surface area contributed by atoms with Crippen LogP contribution >= 0.6 is 23.2 Å². The van der Waals surface area contributed by atoms with E-state index in [1.54, 1.807) is 0 Å². The van der Waals surface area contributed by atoms with E-state index in [-0.39, 0.29) is 20.6 Å². The fourth-order valence-electron chi connectivity index (χ4n) is 2.92. The van der Waals surface area contributed by atoms with Gasteiger partial charge in [0.15, 0.2) is 9.84 Å². The molecule has 0 amide bonds. The molecule has 0 spiro atoms. The minimum absolute atomic E-state index is 0.0367. The van der Waals surface area contributed by atoms with Gasteiger partial charge in [-0.05, 0) is 42.5 Å². The molecule has 0 radical (unpaired) electrons. The lowest BCUT2D eigenvalue weighted by Gasteiger charge is -2.31. The molecule has 1 saturated heterocycles. The summed E-state index contributed by atoms with van der Waals surface area (Å²) in [7, 11) is -7.84. The summed E-state index contributed by atoms with van der Waals surface area (Å²) in [6.07, 6.45) is -1.37. The molecule has 1 aliphatic heterocycles. The number of nitrogens with two attached hydrogens (primary N) is 1. The van der Waals surface area contributed by atoms with Crippen LogP contribution in [-0.2, 0) is 19.9 Å². The van der Waals surface area contributed by atoms with Gasteiger partial charge in [0.1, 0.15) is 0 Å². The van der Waals surface area contributed by atoms with Gasteiger partial charge in [0.25, 0.3) is 10.0 Å². The summed E-state index contributed by atoms with van der Waals surface area (Å²) in [5, 5.41) is 10.5. The van der Waals surface area contributed by atoms with Crippen molar-refractivity contribution in [2.75, 3.05) is 21.5 Å². The van der Waals surface area contributed by atoms with Crippen LogP contribution in [0.3, 0.4) is 0 Å². The summed E-state index contributed by atoms with van der Waals surface area (Å²) >= 11 is 11.8. The number of hydrogen-bond acceptors (Lipinski definition) is 6. The first kappa shape index (κ1) is 20.2. The number of benzene rings is 2. The van der Waals surface area contributed by atoms with Crippen LogP contribution in [0.4, 0.5) is 11.4 Å². The number of nitrogens with zero attached hydrogens (tertiary/aromatic N) is 1. The Morgan fingerprint density at radius 2 is 1.67 bits per heavy atom. The number of sulfonamides is 1. The van der Waals surface area contributed by atoms with Crippen LogP contribution in [-0.4, -0.2) is 45.6 Å². The van der Waals surface area contributed by atoms with Crippen molar-refractivity contribution in [1.29, 1.82) is 0 Å². The second-order valence-electron chi connectivity index (χ2n) is 6.18. The zero-order valence-electron chi connectivity index (χ0n) is 13.8. The lowest BCUT2D eigenvalue weighted by molar-refractivity contribution is 0.184. The molecule has 1 fully saturated rings. The van der Waals surface area contributed by atoms with E-state index in [0.29, 0.717) is 5.69 Å². The van der Waals surface area contributed by atoms with Crippen molar-refractivity contribution in [3.63, 3.8) is 0 Å². The van der Waals surface area contributed by atoms with E-state index < -0.39 is 43.5 Å². The summed E-state index contributed by atoms with van der Waals surface area (Å²) in [5.74, 6) is -1.01. The van der Waals surface area contributed by atoms with Gasteiger partial charge in [0.05, 0.1) is 44.3 Å². The van der Waals surface area contributed by atoms with Crippen molar-refractivity contribution in [2.24, 2.45) is 0 Å². The average molecular weight is 451 g/mol. The predicted octanol–water partition coefficient (Wildman–Crippen LogP) is 1.93. The highest BCUT2D eigenvalue weighted by Gasteiger charge is 2.45. The minimum atomic E-state index is -4.25. The lowest BCUT2D eigenvalue weighted by Crippen LogP contribution is -2.47. The molecule has 11 heteroatoms. The van der Waals surface area contributed by atoms with E-state index in [4.69, 9.17) is 28.9 Å². The van der Waals surface area contributed by atoms with Crippen molar-refractivity contribution in [2.45, 2.75) is 17.0 Å². The highest BCUT2D eigenvalue weighted by molar-refractivity contribution is 7.93. The van der Waals surface area contributed by atoms with Gasteiger partial charge in [-0.1, -0.05) is 23.2 Å². The lowest BCUT2D eigenvalue weighted by atomic mass is 10.2. The maximum atomic E-state index is 13.3. The number of sulfone groups is 1. The summed E-state index contributed by atoms with van der Waals surface area (Å²) < 4.78 is 51.5. The Bertz CT molecular complexity index is 1070. The van der Waals surface area contributed by atoms with Gasteiger partial charge in [0.2, 0.25) is 0 Å². The Balaban J connectivity index is 2.17. The third-order valence-corrected chi connectivity index (χ3v) is 8.48. The molecule has 2 aromatic rings. The van der Waals surface area contributed by atoms with Crippen molar-refractivity contribution in [1.82, 2.24) is 0 Å². The molecular weight excluding hydrogens is 435 g/mol. The number of halogens is 2. The molecule has 27 heavy (non-hydrogen) atoms. The quantitative estimate of drug-likeness (QED) is 0.686. The smallest absolute Gasteiger partial charge is 0.264 e. The number of rotatable bonds is 4. The number of aliphatic hydroxyl groups excluding tert-OH is 1. The molecule has 3 rings (SSSR count). The molecule has 0 aliphatic carbocycles. The first-order valence-electron chi connectivity index (χ1n) is 7.75. The van der Waals surface area contributed by atoms with E-state index in [1.165, 1.54) is 42.5 Å². The third-order valence-electron chi connectivity index (χ3n) is 4.19. The summed E-state index contributed by atoms with van der Waals surface area (Å²) in [6.45, 7) is 0. The van der Waals surface area contributed by atoms with Crippen LogP contribution in [0.5, 0.6) is 0 Å². The van der Waals surface area contributed by atoms with Crippen molar-refractivity contribution >= 4 is 54.4 Å². The average Bonchev–Trinajstić information content (AvgIpc) is 2.84. The summed E-state index contributed by atoms with van der Waals surface area (Å²) in [5.41, 5.74) is 6.25. The third kappa shape index (κ3) is 4.02. The maximum Gasteiger partial charge on any atom is 0.264 e. The molecule has 1 heterocycles.